The summed E-state index contributed by atoms with van der Waals surface area (Å²) in [4.78, 5) is 4.11. The van der Waals surface area contributed by atoms with Crippen LogP contribution in [0.4, 0.5) is 0 Å². The SMILES string of the molecule is CN=C1C=CC(C)CC1. The van der Waals surface area contributed by atoms with Crippen LogP contribution in [0.1, 0.15) is 19.8 Å². The third-order valence-corrected chi connectivity index (χ3v) is 1.76. The van der Waals surface area contributed by atoms with Crippen molar-refractivity contribution in [3.05, 3.63) is 12.2 Å². The fourth-order valence-corrected chi connectivity index (χ4v) is 1.02. The van der Waals surface area contributed by atoms with Crippen LogP contribution in [0.5, 0.6) is 0 Å². The van der Waals surface area contributed by atoms with E-state index in [4.69, 9.17) is 0 Å². The first-order valence-corrected chi connectivity index (χ1v) is 3.47. The van der Waals surface area contributed by atoms with Gasteiger partial charge < -0.3 is 0 Å². The Kier molecular flexibility index (Phi) is 2.04. The third kappa shape index (κ3) is 1.67. The van der Waals surface area contributed by atoms with E-state index < -0.39 is 0 Å². The molecule has 0 aromatic rings. The first-order valence-electron chi connectivity index (χ1n) is 3.47. The summed E-state index contributed by atoms with van der Waals surface area (Å²) >= 11 is 0. The zero-order valence-electron chi connectivity index (χ0n) is 6.09. The van der Waals surface area contributed by atoms with Crippen LogP contribution in [-0.2, 0) is 0 Å². The summed E-state index contributed by atoms with van der Waals surface area (Å²) < 4.78 is 0. The van der Waals surface area contributed by atoms with E-state index in [2.05, 4.69) is 24.1 Å². The Morgan fingerprint density at radius 1 is 1.67 bits per heavy atom. The minimum Gasteiger partial charge on any atom is -0.293 e. The van der Waals surface area contributed by atoms with Crippen molar-refractivity contribution in [3.63, 3.8) is 0 Å². The highest BCUT2D eigenvalue weighted by molar-refractivity contribution is 5.95. The summed E-state index contributed by atoms with van der Waals surface area (Å²) in [5.74, 6) is 0.760. The van der Waals surface area contributed by atoms with Crippen molar-refractivity contribution in [2.24, 2.45) is 10.9 Å². The van der Waals surface area contributed by atoms with Crippen molar-refractivity contribution >= 4 is 5.71 Å². The van der Waals surface area contributed by atoms with Crippen molar-refractivity contribution in [1.82, 2.24) is 0 Å². The maximum Gasteiger partial charge on any atom is 0.0342 e. The molecule has 0 aromatic carbocycles. The lowest BCUT2D eigenvalue weighted by Gasteiger charge is -2.11. The molecular formula is C8H13N. The van der Waals surface area contributed by atoms with Gasteiger partial charge >= 0.3 is 0 Å². The topological polar surface area (TPSA) is 12.4 Å². The molecule has 1 nitrogen and oxygen atoms in total. The number of aliphatic imine (C=N–C) groups is 1. The average molecular weight is 123 g/mol. The van der Waals surface area contributed by atoms with Gasteiger partial charge in [-0.25, -0.2) is 0 Å². The Morgan fingerprint density at radius 3 is 2.89 bits per heavy atom. The van der Waals surface area contributed by atoms with Crippen molar-refractivity contribution in [2.75, 3.05) is 7.05 Å². The first-order chi connectivity index (χ1) is 4.33. The van der Waals surface area contributed by atoms with Crippen LogP contribution in [0.25, 0.3) is 0 Å². The Labute approximate surface area is 56.5 Å². The Hall–Kier alpha value is -0.590. The summed E-state index contributed by atoms with van der Waals surface area (Å²) in [6, 6.07) is 0. The highest BCUT2D eigenvalue weighted by Crippen LogP contribution is 2.13. The molecule has 1 rings (SSSR count). The largest absolute Gasteiger partial charge is 0.293 e. The molecule has 1 heteroatoms. The van der Waals surface area contributed by atoms with Gasteiger partial charge in [-0.05, 0) is 24.8 Å². The number of allylic oxidation sites excluding steroid dienone is 2. The summed E-state index contributed by atoms with van der Waals surface area (Å²) in [5, 5.41) is 0. The second-order valence-electron chi connectivity index (χ2n) is 2.59. The van der Waals surface area contributed by atoms with Crippen LogP contribution in [0.15, 0.2) is 17.1 Å². The van der Waals surface area contributed by atoms with Crippen LogP contribution in [0.3, 0.4) is 0 Å². The highest BCUT2D eigenvalue weighted by Gasteiger charge is 2.04. The van der Waals surface area contributed by atoms with Crippen molar-refractivity contribution in [1.29, 1.82) is 0 Å². The smallest absolute Gasteiger partial charge is 0.0342 e. The zero-order chi connectivity index (χ0) is 6.69. The van der Waals surface area contributed by atoms with Crippen molar-refractivity contribution in [3.8, 4) is 0 Å². The molecule has 0 aliphatic heterocycles. The lowest BCUT2D eigenvalue weighted by atomic mass is 9.97. The van der Waals surface area contributed by atoms with Gasteiger partial charge in [0.15, 0.2) is 0 Å². The van der Waals surface area contributed by atoms with Crippen molar-refractivity contribution in [2.45, 2.75) is 19.8 Å². The normalized spacial score (nSPS) is 31.3. The van der Waals surface area contributed by atoms with Gasteiger partial charge in [0, 0.05) is 12.8 Å². The maximum atomic E-state index is 4.11. The molecule has 1 atom stereocenters. The quantitative estimate of drug-likeness (QED) is 0.467. The second kappa shape index (κ2) is 2.81. The van der Waals surface area contributed by atoms with E-state index in [0.29, 0.717) is 0 Å². The summed E-state index contributed by atoms with van der Waals surface area (Å²) in [6.07, 6.45) is 6.79. The van der Waals surface area contributed by atoms with E-state index in [-0.39, 0.29) is 0 Å². The molecule has 0 spiro atoms. The van der Waals surface area contributed by atoms with Gasteiger partial charge in [-0.3, -0.25) is 4.99 Å². The molecule has 9 heavy (non-hydrogen) atoms. The van der Waals surface area contributed by atoms with Gasteiger partial charge in [0.05, 0.1) is 0 Å². The van der Waals surface area contributed by atoms with Crippen LogP contribution < -0.4 is 0 Å². The predicted octanol–water partition coefficient (Wildman–Crippen LogP) is 2.04. The van der Waals surface area contributed by atoms with E-state index >= 15 is 0 Å². The van der Waals surface area contributed by atoms with Crippen LogP contribution >= 0.6 is 0 Å². The number of nitrogens with zero attached hydrogens (tertiary/aromatic N) is 1. The molecule has 0 radical (unpaired) electrons. The van der Waals surface area contributed by atoms with E-state index in [1.54, 1.807) is 0 Å². The molecule has 0 heterocycles. The molecule has 1 aliphatic carbocycles. The minimum absolute atomic E-state index is 0.760. The molecule has 0 saturated carbocycles. The fourth-order valence-electron chi connectivity index (χ4n) is 1.02. The standard InChI is InChI=1S/C8H13N/c1-7-3-5-8(9-2)6-4-7/h3,5,7H,4,6H2,1-2H3. The molecule has 0 fully saturated rings. The third-order valence-electron chi connectivity index (χ3n) is 1.76. The van der Waals surface area contributed by atoms with E-state index in [1.165, 1.54) is 12.1 Å². The summed E-state index contributed by atoms with van der Waals surface area (Å²) in [6.45, 7) is 2.24. The van der Waals surface area contributed by atoms with Crippen LogP contribution in [-0.4, -0.2) is 12.8 Å². The minimum atomic E-state index is 0.760. The highest BCUT2D eigenvalue weighted by atomic mass is 14.7. The lowest BCUT2D eigenvalue weighted by molar-refractivity contribution is 0.659. The Bertz CT molecular complexity index is 145. The van der Waals surface area contributed by atoms with E-state index in [1.807, 2.05) is 7.05 Å². The van der Waals surface area contributed by atoms with Gasteiger partial charge in [0.2, 0.25) is 0 Å². The Morgan fingerprint density at radius 2 is 2.44 bits per heavy atom. The lowest BCUT2D eigenvalue weighted by Crippen LogP contribution is -2.04. The molecule has 0 saturated heterocycles. The first kappa shape index (κ1) is 6.53. The van der Waals surface area contributed by atoms with Gasteiger partial charge in [-0.1, -0.05) is 13.0 Å². The van der Waals surface area contributed by atoms with Gasteiger partial charge in [-0.2, -0.15) is 0 Å². The van der Waals surface area contributed by atoms with E-state index in [0.717, 1.165) is 12.3 Å². The molecule has 0 N–H and O–H groups in total. The monoisotopic (exact) mass is 123 g/mol. The van der Waals surface area contributed by atoms with Crippen LogP contribution in [0, 0.1) is 5.92 Å². The molecule has 0 aromatic heterocycles. The molecule has 1 unspecified atom stereocenters. The molecule has 0 bridgehead atoms. The fraction of sp³-hybridized carbons (Fsp3) is 0.625. The summed E-state index contributed by atoms with van der Waals surface area (Å²) in [7, 11) is 1.86. The average Bonchev–Trinajstić information content (AvgIpc) is 1.90. The molecule has 50 valence electrons. The number of hydrogen-bond donors (Lipinski definition) is 0. The summed E-state index contributed by atoms with van der Waals surface area (Å²) in [5.41, 5.74) is 1.24. The predicted molar refractivity (Wildman–Crippen MR) is 40.9 cm³/mol. The maximum absolute atomic E-state index is 4.11. The van der Waals surface area contributed by atoms with Crippen LogP contribution in [0.2, 0.25) is 0 Å². The number of hydrogen-bond acceptors (Lipinski definition) is 1. The molecular weight excluding hydrogens is 110 g/mol. The molecule has 0 amide bonds. The van der Waals surface area contributed by atoms with E-state index in [9.17, 15) is 0 Å². The molecule has 1 aliphatic rings. The number of rotatable bonds is 0. The zero-order valence-corrected chi connectivity index (χ0v) is 6.09. The Balaban J connectivity index is 2.58. The van der Waals surface area contributed by atoms with Crippen molar-refractivity contribution < 1.29 is 0 Å². The second-order valence-corrected chi connectivity index (χ2v) is 2.59. The van der Waals surface area contributed by atoms with Gasteiger partial charge in [0.25, 0.3) is 0 Å². The van der Waals surface area contributed by atoms with Gasteiger partial charge in [-0.15, -0.1) is 0 Å². The van der Waals surface area contributed by atoms with Gasteiger partial charge in [0.1, 0.15) is 0 Å².